The van der Waals surface area contributed by atoms with E-state index in [1.54, 1.807) is 13.0 Å². The van der Waals surface area contributed by atoms with Crippen LogP contribution in [0, 0.1) is 17.0 Å². The Morgan fingerprint density at radius 2 is 2.26 bits per heavy atom. The number of rotatable bonds is 3. The molecule has 1 aliphatic heterocycles. The maximum atomic E-state index is 11.0. The summed E-state index contributed by atoms with van der Waals surface area (Å²) in [6.07, 6.45) is 0.898. The molecule has 6 heteroatoms. The molecular formula is C13H17N3O3. The minimum atomic E-state index is -0.372. The van der Waals surface area contributed by atoms with Crippen LogP contribution in [0.3, 0.4) is 0 Å². The predicted molar refractivity (Wildman–Crippen MR) is 72.3 cm³/mol. The molecule has 0 spiro atoms. The number of nitrogens with zero attached hydrogens (tertiary/aromatic N) is 2. The Morgan fingerprint density at radius 3 is 2.84 bits per heavy atom. The van der Waals surface area contributed by atoms with E-state index in [1.165, 1.54) is 13.0 Å². The molecule has 19 heavy (non-hydrogen) atoms. The van der Waals surface area contributed by atoms with E-state index >= 15 is 0 Å². The summed E-state index contributed by atoms with van der Waals surface area (Å²) in [6.45, 7) is 4.85. The van der Waals surface area contributed by atoms with Crippen molar-refractivity contribution < 1.29 is 9.72 Å². The van der Waals surface area contributed by atoms with Crippen LogP contribution in [-0.4, -0.2) is 30.0 Å². The molecule has 0 bridgehead atoms. The molecule has 1 aromatic rings. The smallest absolute Gasteiger partial charge is 0.272 e. The van der Waals surface area contributed by atoms with Crippen LogP contribution in [0.1, 0.15) is 18.9 Å². The topological polar surface area (TPSA) is 75.5 Å². The lowest BCUT2D eigenvalue weighted by molar-refractivity contribution is -0.385. The molecule has 0 aromatic heterocycles. The van der Waals surface area contributed by atoms with Gasteiger partial charge >= 0.3 is 0 Å². The van der Waals surface area contributed by atoms with Gasteiger partial charge in [0, 0.05) is 43.4 Å². The number of hydrogen-bond donors (Lipinski definition) is 1. The summed E-state index contributed by atoms with van der Waals surface area (Å²) >= 11 is 0. The summed E-state index contributed by atoms with van der Waals surface area (Å²) in [5.74, 6) is -0.0215. The normalized spacial score (nSPS) is 18.4. The molecule has 1 aliphatic rings. The summed E-state index contributed by atoms with van der Waals surface area (Å²) in [5, 5.41) is 13.7. The molecule has 0 radical (unpaired) electrons. The molecule has 102 valence electrons. The molecular weight excluding hydrogens is 246 g/mol. The van der Waals surface area contributed by atoms with Gasteiger partial charge < -0.3 is 10.2 Å². The Morgan fingerprint density at radius 1 is 1.53 bits per heavy atom. The zero-order valence-corrected chi connectivity index (χ0v) is 11.0. The maximum Gasteiger partial charge on any atom is 0.272 e. The van der Waals surface area contributed by atoms with Crippen molar-refractivity contribution in [2.45, 2.75) is 26.3 Å². The van der Waals surface area contributed by atoms with Crippen LogP contribution in [0.15, 0.2) is 18.2 Å². The fourth-order valence-corrected chi connectivity index (χ4v) is 2.44. The van der Waals surface area contributed by atoms with Gasteiger partial charge in [0.1, 0.15) is 0 Å². The van der Waals surface area contributed by atoms with Crippen LogP contribution in [0.25, 0.3) is 0 Å². The van der Waals surface area contributed by atoms with E-state index in [2.05, 4.69) is 10.2 Å². The third kappa shape index (κ3) is 3.01. The van der Waals surface area contributed by atoms with Crippen molar-refractivity contribution in [3.8, 4) is 0 Å². The summed E-state index contributed by atoms with van der Waals surface area (Å²) in [6, 6.07) is 5.29. The zero-order chi connectivity index (χ0) is 14.0. The Kier molecular flexibility index (Phi) is 3.69. The highest BCUT2D eigenvalue weighted by molar-refractivity contribution is 5.73. The molecule has 1 N–H and O–H groups in total. The Bertz CT molecular complexity index is 516. The number of nitro benzene ring substituents is 1. The Balaban J connectivity index is 2.09. The van der Waals surface area contributed by atoms with E-state index in [1.807, 2.05) is 6.07 Å². The summed E-state index contributed by atoms with van der Waals surface area (Å²) in [5.41, 5.74) is 1.77. The van der Waals surface area contributed by atoms with Gasteiger partial charge in [-0.15, -0.1) is 0 Å². The molecule has 1 unspecified atom stereocenters. The fourth-order valence-electron chi connectivity index (χ4n) is 2.44. The lowest BCUT2D eigenvalue weighted by Gasteiger charge is -2.19. The summed E-state index contributed by atoms with van der Waals surface area (Å²) in [7, 11) is 0. The number of nitro groups is 1. The van der Waals surface area contributed by atoms with E-state index in [0.717, 1.165) is 25.2 Å². The van der Waals surface area contributed by atoms with Crippen molar-refractivity contribution in [3.63, 3.8) is 0 Å². The number of carbonyl (C=O) groups is 1. The van der Waals surface area contributed by atoms with Crippen molar-refractivity contribution in [3.05, 3.63) is 33.9 Å². The van der Waals surface area contributed by atoms with Crippen LogP contribution >= 0.6 is 0 Å². The van der Waals surface area contributed by atoms with Crippen LogP contribution in [0.5, 0.6) is 0 Å². The molecule has 1 heterocycles. The molecule has 2 rings (SSSR count). The first-order chi connectivity index (χ1) is 8.97. The van der Waals surface area contributed by atoms with Gasteiger partial charge in [-0.2, -0.15) is 0 Å². The van der Waals surface area contributed by atoms with Crippen molar-refractivity contribution in [1.82, 2.24) is 5.32 Å². The van der Waals surface area contributed by atoms with E-state index in [4.69, 9.17) is 0 Å². The van der Waals surface area contributed by atoms with E-state index in [0.29, 0.717) is 5.56 Å². The molecule has 6 nitrogen and oxygen atoms in total. The summed E-state index contributed by atoms with van der Waals surface area (Å²) in [4.78, 5) is 23.5. The number of amides is 1. The van der Waals surface area contributed by atoms with Crippen molar-refractivity contribution in [2.75, 3.05) is 18.0 Å². The first-order valence-electron chi connectivity index (χ1n) is 6.24. The van der Waals surface area contributed by atoms with Crippen LogP contribution in [0.2, 0.25) is 0 Å². The van der Waals surface area contributed by atoms with E-state index < -0.39 is 0 Å². The summed E-state index contributed by atoms with van der Waals surface area (Å²) < 4.78 is 0. The molecule has 0 saturated carbocycles. The first-order valence-corrected chi connectivity index (χ1v) is 6.24. The lowest BCUT2D eigenvalue weighted by Crippen LogP contribution is -2.35. The molecule has 1 atom stereocenters. The highest BCUT2D eigenvalue weighted by Crippen LogP contribution is 2.26. The number of carbonyl (C=O) groups excluding carboxylic acids is 1. The largest absolute Gasteiger partial charge is 0.369 e. The second kappa shape index (κ2) is 5.26. The number of anilines is 1. The average molecular weight is 263 g/mol. The van der Waals surface area contributed by atoms with Gasteiger partial charge in [-0.1, -0.05) is 0 Å². The quantitative estimate of drug-likeness (QED) is 0.664. The van der Waals surface area contributed by atoms with Gasteiger partial charge in [-0.3, -0.25) is 14.9 Å². The minimum absolute atomic E-state index is 0.0215. The molecule has 1 fully saturated rings. The Labute approximate surface area is 111 Å². The molecule has 0 aliphatic carbocycles. The standard InChI is InChI=1S/C13H17N3O3/c1-9-7-12(3-4-13(9)16(18)19)15-6-5-11(8-15)14-10(2)17/h3-4,7,11H,5-6,8H2,1-2H3,(H,14,17). The van der Waals surface area contributed by atoms with Gasteiger partial charge in [0.25, 0.3) is 5.69 Å². The van der Waals surface area contributed by atoms with Crippen LogP contribution in [0.4, 0.5) is 11.4 Å². The van der Waals surface area contributed by atoms with Crippen molar-refractivity contribution in [1.29, 1.82) is 0 Å². The average Bonchev–Trinajstić information content (AvgIpc) is 2.75. The monoisotopic (exact) mass is 263 g/mol. The second-order valence-electron chi connectivity index (χ2n) is 4.86. The van der Waals surface area contributed by atoms with E-state index in [-0.39, 0.29) is 22.6 Å². The van der Waals surface area contributed by atoms with Crippen molar-refractivity contribution in [2.24, 2.45) is 0 Å². The minimum Gasteiger partial charge on any atom is -0.369 e. The lowest BCUT2D eigenvalue weighted by atomic mass is 10.1. The maximum absolute atomic E-state index is 11.0. The first kappa shape index (κ1) is 13.3. The number of aryl methyl sites for hydroxylation is 1. The number of hydrogen-bond acceptors (Lipinski definition) is 4. The van der Waals surface area contributed by atoms with Crippen molar-refractivity contribution >= 4 is 17.3 Å². The molecule has 1 saturated heterocycles. The van der Waals surface area contributed by atoms with Gasteiger partial charge in [0.05, 0.1) is 4.92 Å². The van der Waals surface area contributed by atoms with Gasteiger partial charge in [-0.25, -0.2) is 0 Å². The Hall–Kier alpha value is -2.11. The number of nitrogens with one attached hydrogen (secondary N) is 1. The molecule has 1 aromatic carbocycles. The van der Waals surface area contributed by atoms with Gasteiger partial charge in [0.2, 0.25) is 5.91 Å². The van der Waals surface area contributed by atoms with E-state index in [9.17, 15) is 14.9 Å². The zero-order valence-electron chi connectivity index (χ0n) is 11.0. The predicted octanol–water partition coefficient (Wildman–Crippen LogP) is 1.62. The van der Waals surface area contributed by atoms with Gasteiger partial charge in [0.15, 0.2) is 0 Å². The SMILES string of the molecule is CC(=O)NC1CCN(c2ccc([N+](=O)[O-])c(C)c2)C1. The van der Waals surface area contributed by atoms with Gasteiger partial charge in [-0.05, 0) is 25.5 Å². The third-order valence-corrected chi connectivity index (χ3v) is 3.34. The van der Waals surface area contributed by atoms with Crippen LogP contribution in [-0.2, 0) is 4.79 Å². The highest BCUT2D eigenvalue weighted by Gasteiger charge is 2.24. The number of benzene rings is 1. The molecule has 1 amide bonds. The highest BCUT2D eigenvalue weighted by atomic mass is 16.6. The second-order valence-corrected chi connectivity index (χ2v) is 4.86. The van der Waals surface area contributed by atoms with Crippen LogP contribution < -0.4 is 10.2 Å². The third-order valence-electron chi connectivity index (χ3n) is 3.34. The fraction of sp³-hybridized carbons (Fsp3) is 0.462.